The Morgan fingerprint density at radius 3 is 3.10 bits per heavy atom. The number of benzene rings is 1. The highest BCUT2D eigenvalue weighted by molar-refractivity contribution is 7.99. The first-order valence-electron chi connectivity index (χ1n) is 6.51. The van der Waals surface area contributed by atoms with Crippen molar-refractivity contribution in [3.63, 3.8) is 0 Å². The molecule has 1 aliphatic rings. The Labute approximate surface area is 122 Å². The summed E-state index contributed by atoms with van der Waals surface area (Å²) in [6.07, 6.45) is 0. The fourth-order valence-corrected chi connectivity index (χ4v) is 3.14. The summed E-state index contributed by atoms with van der Waals surface area (Å²) in [5, 5.41) is 0.423. The lowest BCUT2D eigenvalue weighted by Crippen LogP contribution is -2.41. The summed E-state index contributed by atoms with van der Waals surface area (Å²) in [5.74, 6) is 5.90. The molecule has 1 aromatic carbocycles. The number of nitrogens with two attached hydrogens (primary N) is 1. The van der Waals surface area contributed by atoms with E-state index in [-0.39, 0.29) is 12.5 Å². The quantitative estimate of drug-likeness (QED) is 0.802. The molecule has 106 valence electrons. The summed E-state index contributed by atoms with van der Waals surface area (Å²) in [6.45, 7) is 3.71. The summed E-state index contributed by atoms with van der Waals surface area (Å²) >= 11 is 1.86. The second-order valence-corrected chi connectivity index (χ2v) is 6.17. The van der Waals surface area contributed by atoms with Gasteiger partial charge in [0.05, 0.1) is 12.1 Å². The van der Waals surface area contributed by atoms with Gasteiger partial charge in [-0.1, -0.05) is 18.8 Å². The van der Waals surface area contributed by atoms with Crippen LogP contribution in [0, 0.1) is 17.7 Å². The average Bonchev–Trinajstić information content (AvgIpc) is 2.44. The van der Waals surface area contributed by atoms with E-state index in [1.54, 1.807) is 0 Å². The monoisotopic (exact) mass is 292 g/mol. The van der Waals surface area contributed by atoms with Gasteiger partial charge < -0.3 is 10.6 Å². The maximum absolute atomic E-state index is 13.3. The van der Waals surface area contributed by atoms with Gasteiger partial charge in [0.2, 0.25) is 0 Å². The Hall–Kier alpha value is -1.51. The number of thioether (sulfide) groups is 1. The minimum Gasteiger partial charge on any atom is -0.337 e. The molecule has 2 rings (SSSR count). The van der Waals surface area contributed by atoms with Gasteiger partial charge in [-0.3, -0.25) is 4.79 Å². The van der Waals surface area contributed by atoms with Crippen LogP contribution in [-0.2, 0) is 0 Å². The van der Waals surface area contributed by atoms with Crippen LogP contribution in [0.1, 0.15) is 22.8 Å². The van der Waals surface area contributed by atoms with E-state index in [0.29, 0.717) is 22.9 Å². The highest BCUT2D eigenvalue weighted by atomic mass is 32.2. The Morgan fingerprint density at radius 1 is 1.60 bits per heavy atom. The molecule has 1 aromatic rings. The zero-order valence-electron chi connectivity index (χ0n) is 11.4. The van der Waals surface area contributed by atoms with Crippen molar-refractivity contribution < 1.29 is 9.18 Å². The molecule has 1 fully saturated rings. The van der Waals surface area contributed by atoms with Gasteiger partial charge in [-0.05, 0) is 18.2 Å². The zero-order chi connectivity index (χ0) is 14.5. The molecule has 3 nitrogen and oxygen atoms in total. The van der Waals surface area contributed by atoms with Crippen LogP contribution in [0.4, 0.5) is 4.39 Å². The molecule has 20 heavy (non-hydrogen) atoms. The lowest BCUT2D eigenvalue weighted by atomic mass is 10.1. The average molecular weight is 292 g/mol. The molecule has 1 saturated heterocycles. The highest BCUT2D eigenvalue weighted by Crippen LogP contribution is 2.21. The van der Waals surface area contributed by atoms with Gasteiger partial charge in [-0.25, -0.2) is 4.39 Å². The molecular formula is C15H17FN2OS. The van der Waals surface area contributed by atoms with Crippen molar-refractivity contribution in [3.8, 4) is 11.8 Å². The predicted octanol–water partition coefficient (Wildman–Crippen LogP) is 1.71. The van der Waals surface area contributed by atoms with E-state index in [0.717, 1.165) is 12.3 Å². The summed E-state index contributed by atoms with van der Waals surface area (Å²) < 4.78 is 13.3. The van der Waals surface area contributed by atoms with Crippen LogP contribution in [0.15, 0.2) is 18.2 Å². The Balaban J connectivity index is 2.29. The number of nitrogens with zero attached hydrogens (tertiary/aromatic N) is 1. The van der Waals surface area contributed by atoms with Crippen LogP contribution in [0.3, 0.4) is 0 Å². The first-order chi connectivity index (χ1) is 9.61. The number of amides is 1. The van der Waals surface area contributed by atoms with Crippen molar-refractivity contribution in [1.29, 1.82) is 0 Å². The summed E-state index contributed by atoms with van der Waals surface area (Å²) in [5.41, 5.74) is 6.20. The van der Waals surface area contributed by atoms with Crippen molar-refractivity contribution in [2.24, 2.45) is 5.73 Å². The van der Waals surface area contributed by atoms with Crippen molar-refractivity contribution in [3.05, 3.63) is 35.1 Å². The van der Waals surface area contributed by atoms with Gasteiger partial charge in [0, 0.05) is 29.7 Å². The number of hydrogen-bond acceptors (Lipinski definition) is 3. The van der Waals surface area contributed by atoms with Crippen LogP contribution < -0.4 is 5.73 Å². The maximum atomic E-state index is 13.3. The fraction of sp³-hybridized carbons (Fsp3) is 0.400. The second kappa shape index (κ2) is 6.78. The third-order valence-electron chi connectivity index (χ3n) is 3.07. The molecular weight excluding hydrogens is 275 g/mol. The molecule has 0 aliphatic carbocycles. The predicted molar refractivity (Wildman–Crippen MR) is 80.2 cm³/mol. The van der Waals surface area contributed by atoms with E-state index >= 15 is 0 Å². The summed E-state index contributed by atoms with van der Waals surface area (Å²) in [4.78, 5) is 14.3. The maximum Gasteiger partial charge on any atom is 0.255 e. The smallest absolute Gasteiger partial charge is 0.255 e. The number of carbonyl (C=O) groups is 1. The van der Waals surface area contributed by atoms with Gasteiger partial charge in [0.25, 0.3) is 5.91 Å². The first-order valence-corrected chi connectivity index (χ1v) is 7.56. The molecule has 1 unspecified atom stereocenters. The molecule has 1 heterocycles. The van der Waals surface area contributed by atoms with E-state index in [9.17, 15) is 9.18 Å². The molecule has 0 bridgehead atoms. The largest absolute Gasteiger partial charge is 0.337 e. The summed E-state index contributed by atoms with van der Waals surface area (Å²) in [6, 6.07) is 4.09. The highest BCUT2D eigenvalue weighted by Gasteiger charge is 2.23. The van der Waals surface area contributed by atoms with Crippen LogP contribution in [0.25, 0.3) is 0 Å². The third-order valence-corrected chi connectivity index (χ3v) is 4.20. The minimum absolute atomic E-state index is 0.0847. The number of rotatable bonds is 1. The zero-order valence-corrected chi connectivity index (χ0v) is 12.2. The van der Waals surface area contributed by atoms with Crippen LogP contribution >= 0.6 is 11.8 Å². The first kappa shape index (κ1) is 14.9. The van der Waals surface area contributed by atoms with Crippen LogP contribution in [0.5, 0.6) is 0 Å². The Kier molecular flexibility index (Phi) is 5.05. The van der Waals surface area contributed by atoms with Crippen molar-refractivity contribution in [2.75, 3.05) is 25.4 Å². The van der Waals surface area contributed by atoms with Gasteiger partial charge in [-0.2, -0.15) is 11.8 Å². The number of hydrogen-bond donors (Lipinski definition) is 1. The minimum atomic E-state index is -0.398. The topological polar surface area (TPSA) is 46.3 Å². The molecule has 0 aromatic heterocycles. The van der Waals surface area contributed by atoms with Gasteiger partial charge in [0.15, 0.2) is 0 Å². The van der Waals surface area contributed by atoms with Gasteiger partial charge in [0.1, 0.15) is 5.82 Å². The molecule has 0 radical (unpaired) electrons. The fourth-order valence-electron chi connectivity index (χ4n) is 2.13. The third kappa shape index (κ3) is 3.53. The van der Waals surface area contributed by atoms with Crippen molar-refractivity contribution >= 4 is 17.7 Å². The molecule has 0 saturated carbocycles. The van der Waals surface area contributed by atoms with E-state index in [1.807, 2.05) is 16.7 Å². The summed E-state index contributed by atoms with van der Waals surface area (Å²) in [7, 11) is 0. The molecule has 2 N–H and O–H groups in total. The van der Waals surface area contributed by atoms with Gasteiger partial charge >= 0.3 is 0 Å². The Bertz CT molecular complexity index is 565. The van der Waals surface area contributed by atoms with E-state index in [4.69, 9.17) is 5.73 Å². The van der Waals surface area contributed by atoms with E-state index < -0.39 is 5.82 Å². The standard InChI is InChI=1S/C15H17FN2OS/c1-11-10-18(7-8-20-11)15(19)14-5-4-13(16)9-12(14)3-2-6-17/h4-5,9,11H,6-8,10,17H2,1H3. The normalized spacial score (nSPS) is 18.4. The van der Waals surface area contributed by atoms with Crippen LogP contribution in [0.2, 0.25) is 0 Å². The molecule has 1 amide bonds. The van der Waals surface area contributed by atoms with Crippen molar-refractivity contribution in [2.45, 2.75) is 12.2 Å². The number of carbonyl (C=O) groups excluding carboxylic acids is 1. The van der Waals surface area contributed by atoms with Gasteiger partial charge in [-0.15, -0.1) is 0 Å². The lowest BCUT2D eigenvalue weighted by Gasteiger charge is -2.30. The molecule has 5 heteroatoms. The van der Waals surface area contributed by atoms with Crippen LogP contribution in [-0.4, -0.2) is 41.4 Å². The molecule has 1 atom stereocenters. The molecule has 0 spiro atoms. The lowest BCUT2D eigenvalue weighted by molar-refractivity contribution is 0.0763. The second-order valence-electron chi connectivity index (χ2n) is 4.63. The SMILES string of the molecule is CC1CN(C(=O)c2ccc(F)cc2C#CCN)CCS1. The van der Waals surface area contributed by atoms with E-state index in [1.165, 1.54) is 18.2 Å². The Morgan fingerprint density at radius 2 is 2.40 bits per heavy atom. The van der Waals surface area contributed by atoms with Crippen molar-refractivity contribution in [1.82, 2.24) is 4.90 Å². The van der Waals surface area contributed by atoms with E-state index in [2.05, 4.69) is 18.8 Å². The number of halogens is 1. The molecule has 1 aliphatic heterocycles.